The fourth-order valence-corrected chi connectivity index (χ4v) is 2.96. The standard InChI is InChI=1S/C19H24B2N4O4/c1-20(26)24(11-15-3-7-17(8-4-15)21(27)28)13-18-14-25(23-22-18)12-16-5-9-19(29-2)10-6-16/h3-10,14,26-28H,11-13H2,1-2H3. The molecule has 0 radical (unpaired) electrons. The van der Waals surface area contributed by atoms with Crippen LogP contribution >= 0.6 is 0 Å². The van der Waals surface area contributed by atoms with E-state index in [0.717, 1.165) is 22.6 Å². The lowest BCUT2D eigenvalue weighted by Gasteiger charge is -2.22. The van der Waals surface area contributed by atoms with E-state index in [2.05, 4.69) is 10.3 Å². The van der Waals surface area contributed by atoms with Crippen LogP contribution in [-0.2, 0) is 19.6 Å². The van der Waals surface area contributed by atoms with Crippen LogP contribution in [0.4, 0.5) is 0 Å². The smallest absolute Gasteiger partial charge is 0.488 e. The summed E-state index contributed by atoms with van der Waals surface area (Å²) in [5, 5.41) is 36.9. The van der Waals surface area contributed by atoms with Crippen molar-refractivity contribution in [2.24, 2.45) is 0 Å². The molecule has 1 heterocycles. The number of hydrogen-bond donors (Lipinski definition) is 3. The molecule has 0 aliphatic heterocycles. The second-order valence-corrected chi connectivity index (χ2v) is 6.91. The number of nitrogens with zero attached hydrogens (tertiary/aromatic N) is 4. The van der Waals surface area contributed by atoms with Crippen LogP contribution in [0.15, 0.2) is 54.7 Å². The highest BCUT2D eigenvalue weighted by molar-refractivity contribution is 6.58. The molecule has 0 saturated heterocycles. The Morgan fingerprint density at radius 1 is 0.966 bits per heavy atom. The number of methoxy groups -OCH3 is 1. The van der Waals surface area contributed by atoms with Gasteiger partial charge in [0.05, 0.1) is 25.5 Å². The third kappa shape index (κ3) is 5.91. The van der Waals surface area contributed by atoms with Gasteiger partial charge >= 0.3 is 14.2 Å². The lowest BCUT2D eigenvalue weighted by molar-refractivity contribution is 0.350. The maximum atomic E-state index is 10.1. The van der Waals surface area contributed by atoms with E-state index in [1.807, 2.05) is 47.4 Å². The van der Waals surface area contributed by atoms with Crippen LogP contribution < -0.4 is 10.2 Å². The van der Waals surface area contributed by atoms with Gasteiger partial charge in [-0.05, 0) is 35.5 Å². The minimum absolute atomic E-state index is 0.429. The molecule has 1 aromatic heterocycles. The van der Waals surface area contributed by atoms with Gasteiger partial charge in [0.15, 0.2) is 0 Å². The van der Waals surface area contributed by atoms with Crippen LogP contribution in [0.25, 0.3) is 0 Å². The summed E-state index contributed by atoms with van der Waals surface area (Å²) >= 11 is 0. The summed E-state index contributed by atoms with van der Waals surface area (Å²) in [7, 11) is -0.528. The van der Waals surface area contributed by atoms with Gasteiger partial charge in [0.25, 0.3) is 0 Å². The molecule has 0 unspecified atom stereocenters. The van der Waals surface area contributed by atoms with Crippen LogP contribution in [0.2, 0.25) is 6.82 Å². The highest BCUT2D eigenvalue weighted by Crippen LogP contribution is 2.13. The van der Waals surface area contributed by atoms with Gasteiger partial charge in [0.2, 0.25) is 0 Å². The molecule has 3 rings (SSSR count). The molecule has 0 aliphatic rings. The number of aromatic nitrogens is 3. The number of benzene rings is 2. The molecule has 8 nitrogen and oxygen atoms in total. The Morgan fingerprint density at radius 3 is 2.21 bits per heavy atom. The van der Waals surface area contributed by atoms with Crippen molar-refractivity contribution in [2.75, 3.05) is 7.11 Å². The fourth-order valence-electron chi connectivity index (χ4n) is 2.96. The average Bonchev–Trinajstić information content (AvgIpc) is 3.15. The van der Waals surface area contributed by atoms with Crippen LogP contribution in [-0.4, -0.2) is 56.2 Å². The first-order valence-corrected chi connectivity index (χ1v) is 9.33. The van der Waals surface area contributed by atoms with Gasteiger partial charge in [0, 0.05) is 13.1 Å². The third-order valence-electron chi connectivity index (χ3n) is 4.65. The highest BCUT2D eigenvalue weighted by Gasteiger charge is 2.19. The first kappa shape index (κ1) is 21.1. The predicted octanol–water partition coefficient (Wildman–Crippen LogP) is 0.127. The normalized spacial score (nSPS) is 11.0. The Kier molecular flexibility index (Phi) is 7.05. The van der Waals surface area contributed by atoms with Crippen molar-refractivity contribution in [1.29, 1.82) is 0 Å². The third-order valence-corrected chi connectivity index (χ3v) is 4.65. The van der Waals surface area contributed by atoms with Gasteiger partial charge in [0.1, 0.15) is 5.75 Å². The second-order valence-electron chi connectivity index (χ2n) is 6.91. The van der Waals surface area contributed by atoms with Crippen molar-refractivity contribution in [1.82, 2.24) is 19.8 Å². The van der Waals surface area contributed by atoms with Gasteiger partial charge in [-0.15, -0.1) is 5.10 Å². The van der Waals surface area contributed by atoms with Gasteiger partial charge < -0.3 is 24.6 Å². The van der Waals surface area contributed by atoms with Crippen LogP contribution in [0.5, 0.6) is 5.75 Å². The molecular formula is C19H24B2N4O4. The van der Waals surface area contributed by atoms with Crippen molar-refractivity contribution >= 4 is 19.6 Å². The lowest BCUT2D eigenvalue weighted by atomic mass is 9.79. The monoisotopic (exact) mass is 394 g/mol. The zero-order valence-electron chi connectivity index (χ0n) is 16.5. The SMILES string of the molecule is COc1ccc(Cn2cc(CN(Cc3ccc(B(O)O)cc3)B(C)O)nn2)cc1. The van der Waals surface area contributed by atoms with E-state index in [9.17, 15) is 15.1 Å². The molecule has 3 aromatic rings. The first-order chi connectivity index (χ1) is 13.9. The number of rotatable bonds is 9. The van der Waals surface area contributed by atoms with E-state index in [4.69, 9.17) is 4.74 Å². The summed E-state index contributed by atoms with van der Waals surface area (Å²) in [6, 6.07) is 14.7. The molecule has 0 bridgehead atoms. The average molecular weight is 394 g/mol. The minimum Gasteiger partial charge on any atom is -0.497 e. The Labute approximate surface area is 170 Å². The summed E-state index contributed by atoms with van der Waals surface area (Å²) < 4.78 is 6.93. The van der Waals surface area contributed by atoms with E-state index in [0.29, 0.717) is 25.1 Å². The van der Waals surface area contributed by atoms with E-state index in [1.165, 1.54) is 0 Å². The largest absolute Gasteiger partial charge is 0.497 e. The molecule has 0 amide bonds. The molecule has 10 heteroatoms. The molecular weight excluding hydrogens is 370 g/mol. The molecule has 0 fully saturated rings. The van der Waals surface area contributed by atoms with E-state index in [1.54, 1.807) is 30.7 Å². The van der Waals surface area contributed by atoms with Gasteiger partial charge in [-0.3, -0.25) is 0 Å². The molecule has 2 aromatic carbocycles. The van der Waals surface area contributed by atoms with Crippen LogP contribution in [0.1, 0.15) is 16.8 Å². The summed E-state index contributed by atoms with van der Waals surface area (Å²) in [6.07, 6.45) is 1.87. The summed E-state index contributed by atoms with van der Waals surface area (Å²) in [4.78, 5) is 1.85. The molecule has 0 saturated carbocycles. The van der Waals surface area contributed by atoms with Crippen LogP contribution in [0.3, 0.4) is 0 Å². The molecule has 3 N–H and O–H groups in total. The zero-order valence-corrected chi connectivity index (χ0v) is 16.5. The van der Waals surface area contributed by atoms with Crippen molar-refractivity contribution in [3.05, 3.63) is 71.5 Å². The molecule has 0 atom stereocenters. The molecule has 29 heavy (non-hydrogen) atoms. The van der Waals surface area contributed by atoms with Gasteiger partial charge in [-0.25, -0.2) is 4.68 Å². The fraction of sp³-hybridized carbons (Fsp3) is 0.263. The lowest BCUT2D eigenvalue weighted by Crippen LogP contribution is -2.36. The van der Waals surface area contributed by atoms with E-state index >= 15 is 0 Å². The topological polar surface area (TPSA) is 104 Å². The minimum atomic E-state index is -1.49. The predicted molar refractivity (Wildman–Crippen MR) is 111 cm³/mol. The Hall–Kier alpha value is -2.65. The Balaban J connectivity index is 1.63. The van der Waals surface area contributed by atoms with Gasteiger partial charge in [-0.1, -0.05) is 41.6 Å². The van der Waals surface area contributed by atoms with Gasteiger partial charge in [-0.2, -0.15) is 0 Å². The quantitative estimate of drug-likeness (QED) is 0.444. The van der Waals surface area contributed by atoms with Crippen molar-refractivity contribution < 1.29 is 19.8 Å². The van der Waals surface area contributed by atoms with Crippen molar-refractivity contribution in [3.8, 4) is 5.75 Å². The van der Waals surface area contributed by atoms with E-state index in [-0.39, 0.29) is 0 Å². The van der Waals surface area contributed by atoms with Crippen molar-refractivity contribution in [3.63, 3.8) is 0 Å². The second kappa shape index (κ2) is 9.71. The molecule has 0 aliphatic carbocycles. The maximum absolute atomic E-state index is 10.1. The number of hydrogen-bond acceptors (Lipinski definition) is 7. The summed E-state index contributed by atoms with van der Waals surface area (Å²) in [6.45, 7) is 3.22. The zero-order chi connectivity index (χ0) is 20.8. The Bertz CT molecular complexity index is 901. The molecule has 150 valence electrons. The number of ether oxygens (including phenoxy) is 1. The molecule has 0 spiro atoms. The van der Waals surface area contributed by atoms with Crippen molar-refractivity contribution in [2.45, 2.75) is 26.5 Å². The summed E-state index contributed by atoms with van der Waals surface area (Å²) in [5.74, 6) is 0.808. The summed E-state index contributed by atoms with van der Waals surface area (Å²) in [5.41, 5.74) is 3.21. The first-order valence-electron chi connectivity index (χ1n) is 9.33. The maximum Gasteiger partial charge on any atom is 0.488 e. The van der Waals surface area contributed by atoms with E-state index < -0.39 is 14.2 Å². The Morgan fingerprint density at radius 2 is 1.62 bits per heavy atom. The van der Waals surface area contributed by atoms with Crippen LogP contribution in [0, 0.1) is 0 Å². The highest BCUT2D eigenvalue weighted by atomic mass is 16.5.